The van der Waals surface area contributed by atoms with Crippen LogP contribution in [-0.4, -0.2) is 25.6 Å². The maximum Gasteiger partial charge on any atom is 0.423 e. The van der Waals surface area contributed by atoms with E-state index < -0.39 is 24.1 Å². The molecule has 0 saturated carbocycles. The largest absolute Gasteiger partial charge is 0.423 e. The Balaban J connectivity index is 1.58. The summed E-state index contributed by atoms with van der Waals surface area (Å²) in [5.74, 6) is -0.417. The number of rotatable bonds is 4. The van der Waals surface area contributed by atoms with E-state index in [0.717, 1.165) is 0 Å². The van der Waals surface area contributed by atoms with Crippen molar-refractivity contribution in [1.82, 2.24) is 14.3 Å². The van der Waals surface area contributed by atoms with Gasteiger partial charge in [-0.05, 0) is 66.2 Å². The second-order valence-corrected chi connectivity index (χ2v) is 7.99. The molecule has 5 aromatic rings. The first kappa shape index (κ1) is 21.7. The van der Waals surface area contributed by atoms with Crippen LogP contribution in [0.1, 0.15) is 11.1 Å². The first-order valence-electron chi connectivity index (χ1n) is 10.2. The van der Waals surface area contributed by atoms with Crippen LogP contribution >= 0.6 is 0 Å². The van der Waals surface area contributed by atoms with Gasteiger partial charge in [-0.2, -0.15) is 23.5 Å². The molecule has 0 saturated heterocycles. The number of nitrogens with zero attached hydrogens (tertiary/aromatic N) is 4. The van der Waals surface area contributed by atoms with Gasteiger partial charge >= 0.3 is 6.18 Å². The average Bonchev–Trinajstić information content (AvgIpc) is 3.42. The topological polar surface area (TPSA) is 66.8 Å². The van der Waals surface area contributed by atoms with Crippen LogP contribution in [0, 0.1) is 17.1 Å². The normalized spacial score (nSPS) is 13.8. The minimum atomic E-state index is -4.98. The molecule has 1 atom stereocenters. The smallest absolute Gasteiger partial charge is 0.375 e. The molecule has 9 heteroatoms. The van der Waals surface area contributed by atoms with Crippen LogP contribution in [0.4, 0.5) is 17.6 Å². The molecule has 0 radical (unpaired) electrons. The molecule has 0 aliphatic heterocycles. The van der Waals surface area contributed by atoms with Gasteiger partial charge in [-0.25, -0.2) is 9.07 Å². The summed E-state index contributed by atoms with van der Waals surface area (Å²) in [5, 5.41) is 25.2. The first-order valence-corrected chi connectivity index (χ1v) is 10.2. The van der Waals surface area contributed by atoms with Crippen LogP contribution in [0.5, 0.6) is 0 Å². The van der Waals surface area contributed by atoms with E-state index in [2.05, 4.69) is 5.10 Å². The number of hydrogen-bond donors (Lipinski definition) is 1. The summed E-state index contributed by atoms with van der Waals surface area (Å²) in [6.07, 6.45) is -2.13. The number of aliphatic hydroxyl groups is 1. The molecule has 0 amide bonds. The van der Waals surface area contributed by atoms with E-state index in [1.54, 1.807) is 18.2 Å². The minimum Gasteiger partial charge on any atom is -0.375 e. The molecule has 5 nitrogen and oxygen atoms in total. The van der Waals surface area contributed by atoms with Crippen molar-refractivity contribution >= 4 is 21.8 Å². The Morgan fingerprint density at radius 2 is 1.65 bits per heavy atom. The van der Waals surface area contributed by atoms with Crippen molar-refractivity contribution in [2.45, 2.75) is 18.3 Å². The molecule has 5 rings (SSSR count). The number of hydrogen-bond acceptors (Lipinski definition) is 3. The SMILES string of the molecule is N#Cc1ccc2c(ccn2CC(O)(c2ccc3c(cnn3-c3ccc(F)cc3)c2)C(F)(F)F)c1. The van der Waals surface area contributed by atoms with Gasteiger partial charge in [-0.15, -0.1) is 0 Å². The lowest BCUT2D eigenvalue weighted by Crippen LogP contribution is -2.45. The average molecular weight is 464 g/mol. The molecule has 0 bridgehead atoms. The first-order chi connectivity index (χ1) is 16.2. The van der Waals surface area contributed by atoms with Crippen LogP contribution in [0.2, 0.25) is 0 Å². The zero-order valence-corrected chi connectivity index (χ0v) is 17.5. The fourth-order valence-electron chi connectivity index (χ4n) is 4.08. The molecule has 2 heterocycles. The van der Waals surface area contributed by atoms with Gasteiger partial charge in [0.25, 0.3) is 0 Å². The molecule has 0 fully saturated rings. The predicted octanol–water partition coefficient (Wildman–Crippen LogP) is 5.44. The highest BCUT2D eigenvalue weighted by Gasteiger charge is 2.55. The number of aromatic nitrogens is 3. The number of benzene rings is 3. The van der Waals surface area contributed by atoms with Gasteiger partial charge in [0.1, 0.15) is 5.82 Å². The molecular formula is C25H16F4N4O. The molecule has 170 valence electrons. The van der Waals surface area contributed by atoms with E-state index in [0.29, 0.717) is 33.1 Å². The maximum atomic E-state index is 14.2. The van der Waals surface area contributed by atoms with Crippen molar-refractivity contribution in [3.8, 4) is 11.8 Å². The third-order valence-electron chi connectivity index (χ3n) is 5.88. The van der Waals surface area contributed by atoms with E-state index in [4.69, 9.17) is 5.26 Å². The Bertz CT molecular complexity index is 1560. The molecule has 0 spiro atoms. The zero-order chi connectivity index (χ0) is 24.1. The van der Waals surface area contributed by atoms with E-state index in [1.807, 2.05) is 6.07 Å². The van der Waals surface area contributed by atoms with Gasteiger partial charge < -0.3 is 9.67 Å². The molecule has 0 aliphatic carbocycles. The van der Waals surface area contributed by atoms with Gasteiger partial charge in [0.15, 0.2) is 0 Å². The predicted molar refractivity (Wildman–Crippen MR) is 118 cm³/mol. The van der Waals surface area contributed by atoms with Gasteiger partial charge in [-0.1, -0.05) is 6.07 Å². The summed E-state index contributed by atoms with van der Waals surface area (Å²) in [5.41, 5.74) is -1.60. The van der Waals surface area contributed by atoms with Crippen LogP contribution in [0.15, 0.2) is 79.1 Å². The molecule has 0 aliphatic rings. The van der Waals surface area contributed by atoms with Crippen LogP contribution < -0.4 is 0 Å². The highest BCUT2D eigenvalue weighted by Crippen LogP contribution is 2.42. The molecule has 1 N–H and O–H groups in total. The number of nitriles is 1. The van der Waals surface area contributed by atoms with Gasteiger partial charge in [0, 0.05) is 22.5 Å². The van der Waals surface area contributed by atoms with Crippen molar-refractivity contribution in [3.63, 3.8) is 0 Å². The van der Waals surface area contributed by atoms with E-state index in [-0.39, 0.29) is 5.56 Å². The van der Waals surface area contributed by atoms with Crippen molar-refractivity contribution in [2.24, 2.45) is 0 Å². The van der Waals surface area contributed by atoms with Crippen LogP contribution in [0.3, 0.4) is 0 Å². The summed E-state index contributed by atoms with van der Waals surface area (Å²) in [7, 11) is 0. The van der Waals surface area contributed by atoms with Crippen molar-refractivity contribution in [2.75, 3.05) is 0 Å². The highest BCUT2D eigenvalue weighted by atomic mass is 19.4. The number of alkyl halides is 3. The lowest BCUT2D eigenvalue weighted by Gasteiger charge is -2.32. The quantitative estimate of drug-likeness (QED) is 0.360. The lowest BCUT2D eigenvalue weighted by atomic mass is 9.91. The Morgan fingerprint density at radius 3 is 2.35 bits per heavy atom. The molecule has 3 aromatic carbocycles. The number of halogens is 4. The fourth-order valence-corrected chi connectivity index (χ4v) is 4.08. The summed E-state index contributed by atoms with van der Waals surface area (Å²) < 4.78 is 58.8. The van der Waals surface area contributed by atoms with E-state index >= 15 is 0 Å². The second kappa shape index (κ2) is 7.71. The summed E-state index contributed by atoms with van der Waals surface area (Å²) in [6.45, 7) is -0.774. The third-order valence-corrected chi connectivity index (χ3v) is 5.88. The molecule has 2 aromatic heterocycles. The van der Waals surface area contributed by atoms with Crippen molar-refractivity contribution in [1.29, 1.82) is 5.26 Å². The molecule has 34 heavy (non-hydrogen) atoms. The monoisotopic (exact) mass is 464 g/mol. The van der Waals surface area contributed by atoms with Crippen molar-refractivity contribution < 1.29 is 22.7 Å². The summed E-state index contributed by atoms with van der Waals surface area (Å²) >= 11 is 0. The fraction of sp³-hybridized carbons (Fsp3) is 0.120. The number of fused-ring (bicyclic) bond motifs is 2. The zero-order valence-electron chi connectivity index (χ0n) is 17.5. The van der Waals surface area contributed by atoms with Crippen LogP contribution in [0.25, 0.3) is 27.5 Å². The molecule has 1 unspecified atom stereocenters. The van der Waals surface area contributed by atoms with Gasteiger partial charge in [0.05, 0.1) is 35.6 Å². The lowest BCUT2D eigenvalue weighted by molar-refractivity contribution is -0.271. The summed E-state index contributed by atoms with van der Waals surface area (Å²) in [6, 6.07) is 17.7. The van der Waals surface area contributed by atoms with Crippen molar-refractivity contribution in [3.05, 3.63) is 96.1 Å². The highest BCUT2D eigenvalue weighted by molar-refractivity contribution is 5.82. The van der Waals surface area contributed by atoms with Gasteiger partial charge in [0.2, 0.25) is 5.60 Å². The van der Waals surface area contributed by atoms with E-state index in [1.165, 1.54) is 70.2 Å². The van der Waals surface area contributed by atoms with Gasteiger partial charge in [-0.3, -0.25) is 0 Å². The van der Waals surface area contributed by atoms with Crippen LogP contribution in [-0.2, 0) is 12.1 Å². The van der Waals surface area contributed by atoms with E-state index in [9.17, 15) is 22.7 Å². The maximum absolute atomic E-state index is 14.2. The Hall–Kier alpha value is -4.16. The summed E-state index contributed by atoms with van der Waals surface area (Å²) in [4.78, 5) is 0. The minimum absolute atomic E-state index is 0.332. The molecular weight excluding hydrogens is 448 g/mol. The Morgan fingerprint density at radius 1 is 0.912 bits per heavy atom. The standard InChI is InChI=1S/C25H16F4N4O/c26-20-3-5-21(6-4-20)33-23-8-2-19(12-18(23)14-31-33)24(34,25(27,28)29)15-32-10-9-17-11-16(13-30)1-7-22(17)32/h1-12,14,34H,15H2. The Kier molecular flexibility index (Phi) is 4.92. The Labute approximate surface area is 190 Å². The second-order valence-electron chi connectivity index (χ2n) is 7.99. The third kappa shape index (κ3) is 3.49.